The number of nitrogens with zero attached hydrogens (tertiary/aromatic N) is 1. The quantitative estimate of drug-likeness (QED) is 0.345. The maximum Gasteiger partial charge on any atom is 0.145 e. The maximum absolute atomic E-state index is 5.63. The topological polar surface area (TPSA) is 59.6 Å². The molecule has 0 aromatic heterocycles. The van der Waals surface area contributed by atoms with Gasteiger partial charge >= 0.3 is 0 Å². The predicted octanol–water partition coefficient (Wildman–Crippen LogP) is 1.75. The molecular weight excluding hydrogens is 202 g/mol. The number of hydrogen-bond acceptors (Lipinski definition) is 3. The van der Waals surface area contributed by atoms with Crippen molar-refractivity contribution >= 4 is 11.5 Å². The highest BCUT2D eigenvalue weighted by molar-refractivity contribution is 5.88. The summed E-state index contributed by atoms with van der Waals surface area (Å²) >= 11 is 0. The number of hydrazine groups is 1. The van der Waals surface area contributed by atoms with Gasteiger partial charge in [0.2, 0.25) is 0 Å². The van der Waals surface area contributed by atoms with E-state index in [1.54, 1.807) is 0 Å². The van der Waals surface area contributed by atoms with Crippen LogP contribution in [-0.4, -0.2) is 18.5 Å². The number of hydrogen-bond donors (Lipinski definition) is 2. The fourth-order valence-electron chi connectivity index (χ4n) is 1.80. The molecule has 0 saturated carbocycles. The van der Waals surface area contributed by atoms with Crippen LogP contribution in [0.4, 0.5) is 5.69 Å². The van der Waals surface area contributed by atoms with Crippen LogP contribution in [0, 0.1) is 0 Å². The van der Waals surface area contributed by atoms with Crippen molar-refractivity contribution in [3.8, 4) is 0 Å². The van der Waals surface area contributed by atoms with E-state index in [1.807, 2.05) is 30.3 Å². The minimum absolute atomic E-state index is 0.0129. The number of aliphatic imine (C=N–C) groups is 1. The minimum Gasteiger partial charge on any atom is -0.370 e. The van der Waals surface area contributed by atoms with Crippen LogP contribution >= 0.6 is 0 Å². The van der Waals surface area contributed by atoms with Gasteiger partial charge in [0.1, 0.15) is 11.9 Å². The van der Waals surface area contributed by atoms with Gasteiger partial charge in [-0.2, -0.15) is 0 Å². The third kappa shape index (κ3) is 2.81. The number of amidine groups is 1. The van der Waals surface area contributed by atoms with E-state index in [-0.39, 0.29) is 6.10 Å². The third-order valence-corrected chi connectivity index (χ3v) is 2.64. The second kappa shape index (κ2) is 5.63. The lowest BCUT2D eigenvalue weighted by molar-refractivity contribution is 0.0565. The van der Waals surface area contributed by atoms with E-state index in [0.717, 1.165) is 25.1 Å². The molecule has 2 rings (SSSR count). The van der Waals surface area contributed by atoms with Gasteiger partial charge in [0, 0.05) is 6.61 Å². The summed E-state index contributed by atoms with van der Waals surface area (Å²) in [5, 5.41) is 0. The molecule has 3 N–H and O–H groups in total. The molecule has 4 nitrogen and oxygen atoms in total. The Morgan fingerprint density at radius 3 is 2.75 bits per heavy atom. The first-order valence-electron chi connectivity index (χ1n) is 5.62. The first-order chi connectivity index (χ1) is 7.90. The summed E-state index contributed by atoms with van der Waals surface area (Å²) in [5.74, 6) is 6.20. The molecule has 1 heterocycles. The average molecular weight is 219 g/mol. The van der Waals surface area contributed by atoms with Crippen LogP contribution in [0.25, 0.3) is 0 Å². The molecule has 1 fully saturated rings. The van der Waals surface area contributed by atoms with E-state index >= 15 is 0 Å². The lowest BCUT2D eigenvalue weighted by atomic mass is 10.1. The van der Waals surface area contributed by atoms with Crippen LogP contribution in [-0.2, 0) is 4.74 Å². The molecule has 1 saturated heterocycles. The first kappa shape index (κ1) is 11.1. The number of ether oxygens (including phenoxy) is 1. The van der Waals surface area contributed by atoms with Gasteiger partial charge in [-0.25, -0.2) is 10.8 Å². The largest absolute Gasteiger partial charge is 0.370 e. The van der Waals surface area contributed by atoms with E-state index in [0.29, 0.717) is 5.84 Å². The number of nitrogens with one attached hydrogen (secondary N) is 1. The Labute approximate surface area is 95.5 Å². The summed E-state index contributed by atoms with van der Waals surface area (Å²) in [6, 6.07) is 9.76. The van der Waals surface area contributed by atoms with Crippen LogP contribution in [0.5, 0.6) is 0 Å². The summed E-state index contributed by atoms with van der Waals surface area (Å²) in [5.41, 5.74) is 3.54. The fraction of sp³-hybridized carbons (Fsp3) is 0.417. The highest BCUT2D eigenvalue weighted by Gasteiger charge is 2.19. The monoisotopic (exact) mass is 219 g/mol. The number of nitrogens with two attached hydrogens (primary N) is 1. The zero-order valence-corrected chi connectivity index (χ0v) is 9.23. The van der Waals surface area contributed by atoms with Crippen molar-refractivity contribution in [1.82, 2.24) is 5.43 Å². The molecule has 1 aliphatic rings. The van der Waals surface area contributed by atoms with E-state index in [1.165, 1.54) is 6.42 Å². The van der Waals surface area contributed by atoms with Crippen molar-refractivity contribution in [2.75, 3.05) is 6.61 Å². The molecule has 1 aliphatic heterocycles. The normalized spacial score (nSPS) is 21.8. The van der Waals surface area contributed by atoms with Gasteiger partial charge in [-0.05, 0) is 31.4 Å². The van der Waals surface area contributed by atoms with E-state index in [2.05, 4.69) is 10.4 Å². The van der Waals surface area contributed by atoms with Crippen molar-refractivity contribution in [3.05, 3.63) is 30.3 Å². The third-order valence-electron chi connectivity index (χ3n) is 2.64. The van der Waals surface area contributed by atoms with Crippen LogP contribution in [0.15, 0.2) is 35.3 Å². The molecule has 0 amide bonds. The molecule has 0 radical (unpaired) electrons. The van der Waals surface area contributed by atoms with Gasteiger partial charge in [-0.1, -0.05) is 18.2 Å². The van der Waals surface area contributed by atoms with Crippen molar-refractivity contribution in [2.24, 2.45) is 10.8 Å². The van der Waals surface area contributed by atoms with Crippen molar-refractivity contribution in [2.45, 2.75) is 25.4 Å². The lowest BCUT2D eigenvalue weighted by Crippen LogP contribution is -2.42. The van der Waals surface area contributed by atoms with Crippen LogP contribution < -0.4 is 11.3 Å². The average Bonchev–Trinajstić information content (AvgIpc) is 2.38. The Balaban J connectivity index is 2.12. The molecule has 0 bridgehead atoms. The summed E-state index contributed by atoms with van der Waals surface area (Å²) in [6.45, 7) is 0.792. The van der Waals surface area contributed by atoms with E-state index < -0.39 is 0 Å². The van der Waals surface area contributed by atoms with Crippen LogP contribution in [0.3, 0.4) is 0 Å². The molecule has 1 aromatic carbocycles. The summed E-state index contributed by atoms with van der Waals surface area (Å²) in [6.07, 6.45) is 3.29. The Morgan fingerprint density at radius 2 is 2.12 bits per heavy atom. The Bertz CT molecular complexity index is 345. The lowest BCUT2D eigenvalue weighted by Gasteiger charge is -2.23. The van der Waals surface area contributed by atoms with Crippen LogP contribution in [0.2, 0.25) is 0 Å². The molecule has 0 spiro atoms. The molecular formula is C12H17N3O. The minimum atomic E-state index is 0.0129. The molecule has 16 heavy (non-hydrogen) atoms. The number of para-hydroxylation sites is 1. The SMILES string of the molecule is NNC(=Nc1ccccc1)C1CCCCO1. The van der Waals surface area contributed by atoms with Gasteiger partial charge < -0.3 is 10.2 Å². The van der Waals surface area contributed by atoms with Gasteiger partial charge in [-0.15, -0.1) is 0 Å². The summed E-state index contributed by atoms with van der Waals surface area (Å²) in [7, 11) is 0. The molecule has 1 atom stereocenters. The van der Waals surface area contributed by atoms with Gasteiger partial charge in [0.15, 0.2) is 0 Å². The molecule has 0 aliphatic carbocycles. The van der Waals surface area contributed by atoms with Gasteiger partial charge in [-0.3, -0.25) is 0 Å². The number of benzene rings is 1. The smallest absolute Gasteiger partial charge is 0.145 e. The van der Waals surface area contributed by atoms with Crippen molar-refractivity contribution in [1.29, 1.82) is 0 Å². The fourth-order valence-corrected chi connectivity index (χ4v) is 1.80. The summed E-state index contributed by atoms with van der Waals surface area (Å²) in [4.78, 5) is 4.46. The summed E-state index contributed by atoms with van der Waals surface area (Å²) < 4.78 is 5.63. The highest BCUT2D eigenvalue weighted by atomic mass is 16.5. The zero-order valence-electron chi connectivity index (χ0n) is 9.23. The van der Waals surface area contributed by atoms with E-state index in [9.17, 15) is 0 Å². The van der Waals surface area contributed by atoms with E-state index in [4.69, 9.17) is 10.6 Å². The predicted molar refractivity (Wildman–Crippen MR) is 64.5 cm³/mol. The maximum atomic E-state index is 5.63. The standard InChI is InChI=1S/C12H17N3O/c13-15-12(11-8-4-5-9-16-11)14-10-6-2-1-3-7-10/h1-3,6-7,11H,4-5,8-9,13H2,(H,14,15). The molecule has 86 valence electrons. The molecule has 1 aromatic rings. The van der Waals surface area contributed by atoms with Crippen molar-refractivity contribution < 1.29 is 4.74 Å². The second-order valence-corrected chi connectivity index (χ2v) is 3.83. The Morgan fingerprint density at radius 1 is 1.31 bits per heavy atom. The van der Waals surface area contributed by atoms with Gasteiger partial charge in [0.25, 0.3) is 0 Å². The molecule has 4 heteroatoms. The van der Waals surface area contributed by atoms with Gasteiger partial charge in [0.05, 0.1) is 5.69 Å². The first-order valence-corrected chi connectivity index (χ1v) is 5.62. The zero-order chi connectivity index (χ0) is 11.2. The second-order valence-electron chi connectivity index (χ2n) is 3.83. The number of rotatable bonds is 2. The molecule has 1 unspecified atom stereocenters. The Kier molecular flexibility index (Phi) is 3.91. The van der Waals surface area contributed by atoms with Crippen LogP contribution in [0.1, 0.15) is 19.3 Å². The van der Waals surface area contributed by atoms with Crippen molar-refractivity contribution in [3.63, 3.8) is 0 Å². The highest BCUT2D eigenvalue weighted by Crippen LogP contribution is 2.16. The Hall–Kier alpha value is -1.39.